The molecule has 0 amide bonds. The molecule has 0 atom stereocenters. The molecule has 0 unspecified atom stereocenters. The summed E-state index contributed by atoms with van der Waals surface area (Å²) in [7, 11) is 0. The van der Waals surface area contributed by atoms with Crippen molar-refractivity contribution in [1.29, 1.82) is 0 Å². The largest absolute Gasteiger partial charge is 0.481 e. The number of carboxylic acid groups (broad SMARTS) is 1. The number of carbonyl (C=O) groups is 1. The van der Waals surface area contributed by atoms with Crippen molar-refractivity contribution in [2.45, 2.75) is 31.1 Å². The predicted molar refractivity (Wildman–Crippen MR) is 59.3 cm³/mol. The molecule has 16 heavy (non-hydrogen) atoms. The Hall–Kier alpha value is -1.38. The van der Waals surface area contributed by atoms with Gasteiger partial charge in [0.2, 0.25) is 0 Å². The van der Waals surface area contributed by atoms with E-state index in [9.17, 15) is 14.3 Å². The molecule has 0 aromatic heterocycles. The van der Waals surface area contributed by atoms with Crippen LogP contribution in [0.15, 0.2) is 24.3 Å². The van der Waals surface area contributed by atoms with E-state index in [1.807, 2.05) is 24.3 Å². The number of aliphatic carboxylic acids is 1. The quantitative estimate of drug-likeness (QED) is 0.850. The number of carboxylic acids is 1. The minimum atomic E-state index is -0.754. The molecule has 0 saturated heterocycles. The summed E-state index contributed by atoms with van der Waals surface area (Å²) in [6.45, 7) is -0.399. The molecule has 1 fully saturated rings. The highest BCUT2D eigenvalue weighted by molar-refractivity contribution is 5.82. The van der Waals surface area contributed by atoms with Crippen LogP contribution in [-0.2, 0) is 16.6 Å². The average Bonchev–Trinajstić information content (AvgIpc) is 2.16. The summed E-state index contributed by atoms with van der Waals surface area (Å²) in [6.07, 6.45) is 2.71. The number of aryl methyl sites for hydroxylation is 1. The van der Waals surface area contributed by atoms with Gasteiger partial charge < -0.3 is 5.11 Å². The van der Waals surface area contributed by atoms with Crippen LogP contribution in [0, 0.1) is 0 Å². The van der Waals surface area contributed by atoms with E-state index in [1.165, 1.54) is 0 Å². The Bertz CT molecular complexity index is 397. The van der Waals surface area contributed by atoms with Gasteiger partial charge in [-0.2, -0.15) is 0 Å². The molecule has 0 heterocycles. The fourth-order valence-electron chi connectivity index (χ4n) is 2.29. The number of benzene rings is 1. The topological polar surface area (TPSA) is 37.3 Å². The van der Waals surface area contributed by atoms with E-state index < -0.39 is 18.1 Å². The lowest BCUT2D eigenvalue weighted by Crippen LogP contribution is -2.42. The van der Waals surface area contributed by atoms with Crippen molar-refractivity contribution in [1.82, 2.24) is 0 Å². The van der Waals surface area contributed by atoms with Crippen molar-refractivity contribution < 1.29 is 14.3 Å². The van der Waals surface area contributed by atoms with Gasteiger partial charge in [-0.3, -0.25) is 9.18 Å². The molecule has 1 aliphatic carbocycles. The van der Waals surface area contributed by atoms with Gasteiger partial charge in [0.15, 0.2) is 0 Å². The smallest absolute Gasteiger partial charge is 0.314 e. The molecule has 0 bridgehead atoms. The number of hydrogen-bond donors (Lipinski definition) is 1. The molecule has 1 aliphatic rings. The first-order chi connectivity index (χ1) is 7.69. The molecule has 1 saturated carbocycles. The molecular weight excluding hydrogens is 207 g/mol. The number of halogens is 1. The Kier molecular flexibility index (Phi) is 2.95. The van der Waals surface area contributed by atoms with E-state index in [1.54, 1.807) is 0 Å². The summed E-state index contributed by atoms with van der Waals surface area (Å²) in [5.74, 6) is -0.754. The SMILES string of the molecule is O=C(O)C1(c2cccc(CCF)c2)CCC1. The average molecular weight is 222 g/mol. The standard InChI is InChI=1S/C13H15FO2/c14-8-5-10-3-1-4-11(9-10)13(12(15)16)6-2-7-13/h1,3-4,9H,2,5-8H2,(H,15,16). The summed E-state index contributed by atoms with van der Waals surface area (Å²) in [5, 5.41) is 9.28. The van der Waals surface area contributed by atoms with Crippen LogP contribution in [0.25, 0.3) is 0 Å². The van der Waals surface area contributed by atoms with E-state index in [-0.39, 0.29) is 0 Å². The van der Waals surface area contributed by atoms with Gasteiger partial charge in [0.1, 0.15) is 0 Å². The van der Waals surface area contributed by atoms with Gasteiger partial charge in [-0.25, -0.2) is 0 Å². The molecular formula is C13H15FO2. The van der Waals surface area contributed by atoms with Gasteiger partial charge in [0.05, 0.1) is 12.1 Å². The third kappa shape index (κ3) is 1.70. The van der Waals surface area contributed by atoms with Crippen molar-refractivity contribution in [3.8, 4) is 0 Å². The maximum absolute atomic E-state index is 12.2. The van der Waals surface area contributed by atoms with E-state index in [4.69, 9.17) is 0 Å². The summed E-state index contributed by atoms with van der Waals surface area (Å²) in [6, 6.07) is 7.35. The van der Waals surface area contributed by atoms with Gasteiger partial charge >= 0.3 is 5.97 Å². The van der Waals surface area contributed by atoms with Crippen LogP contribution in [0.3, 0.4) is 0 Å². The second-order valence-electron chi connectivity index (χ2n) is 4.38. The zero-order valence-electron chi connectivity index (χ0n) is 9.08. The van der Waals surface area contributed by atoms with Crippen LogP contribution in [0.2, 0.25) is 0 Å². The second-order valence-corrected chi connectivity index (χ2v) is 4.38. The van der Waals surface area contributed by atoms with Gasteiger partial charge in [-0.05, 0) is 24.0 Å². The molecule has 0 aliphatic heterocycles. The van der Waals surface area contributed by atoms with Crippen molar-refractivity contribution >= 4 is 5.97 Å². The lowest BCUT2D eigenvalue weighted by Gasteiger charge is -2.38. The summed E-state index contributed by atoms with van der Waals surface area (Å²) in [4.78, 5) is 11.3. The lowest BCUT2D eigenvalue weighted by molar-refractivity contribution is -0.147. The van der Waals surface area contributed by atoms with Crippen LogP contribution in [-0.4, -0.2) is 17.8 Å². The Labute approximate surface area is 94.1 Å². The van der Waals surface area contributed by atoms with E-state index in [0.717, 1.165) is 17.5 Å². The van der Waals surface area contributed by atoms with Crippen LogP contribution >= 0.6 is 0 Å². The minimum absolute atomic E-state index is 0.365. The van der Waals surface area contributed by atoms with Crippen molar-refractivity contribution in [3.63, 3.8) is 0 Å². The number of rotatable bonds is 4. The highest BCUT2D eigenvalue weighted by atomic mass is 19.1. The van der Waals surface area contributed by atoms with Crippen molar-refractivity contribution in [3.05, 3.63) is 35.4 Å². The molecule has 0 radical (unpaired) electrons. The molecule has 1 N–H and O–H groups in total. The summed E-state index contributed by atoms with van der Waals surface area (Å²) < 4.78 is 12.2. The Morgan fingerprint density at radius 1 is 1.44 bits per heavy atom. The molecule has 2 nitrogen and oxygen atoms in total. The maximum Gasteiger partial charge on any atom is 0.314 e. The first-order valence-corrected chi connectivity index (χ1v) is 5.58. The van der Waals surface area contributed by atoms with Gasteiger partial charge in [-0.15, -0.1) is 0 Å². The number of hydrogen-bond acceptors (Lipinski definition) is 1. The van der Waals surface area contributed by atoms with Crippen LogP contribution < -0.4 is 0 Å². The van der Waals surface area contributed by atoms with E-state index >= 15 is 0 Å². The molecule has 0 spiro atoms. The van der Waals surface area contributed by atoms with Gasteiger partial charge in [-0.1, -0.05) is 30.7 Å². The molecule has 86 valence electrons. The Morgan fingerprint density at radius 2 is 2.19 bits per heavy atom. The lowest BCUT2D eigenvalue weighted by atomic mass is 9.64. The zero-order chi connectivity index (χ0) is 11.6. The minimum Gasteiger partial charge on any atom is -0.481 e. The van der Waals surface area contributed by atoms with Gasteiger partial charge in [0.25, 0.3) is 0 Å². The summed E-state index contributed by atoms with van der Waals surface area (Å²) >= 11 is 0. The van der Waals surface area contributed by atoms with Crippen LogP contribution in [0.5, 0.6) is 0 Å². The van der Waals surface area contributed by atoms with Gasteiger partial charge in [0, 0.05) is 6.42 Å². The Balaban J connectivity index is 2.32. The fourth-order valence-corrected chi connectivity index (χ4v) is 2.29. The fraction of sp³-hybridized carbons (Fsp3) is 0.462. The van der Waals surface area contributed by atoms with Crippen LogP contribution in [0.4, 0.5) is 4.39 Å². The third-order valence-corrected chi connectivity index (χ3v) is 3.48. The zero-order valence-corrected chi connectivity index (χ0v) is 9.08. The number of alkyl halides is 1. The first-order valence-electron chi connectivity index (χ1n) is 5.58. The first kappa shape index (κ1) is 11.1. The van der Waals surface area contributed by atoms with Crippen molar-refractivity contribution in [2.75, 3.05) is 6.67 Å². The monoisotopic (exact) mass is 222 g/mol. The predicted octanol–water partition coefficient (Wildman–Crippen LogP) is 2.70. The van der Waals surface area contributed by atoms with Crippen molar-refractivity contribution in [2.24, 2.45) is 0 Å². The molecule has 2 rings (SSSR count). The normalized spacial score (nSPS) is 17.8. The van der Waals surface area contributed by atoms with E-state index in [2.05, 4.69) is 0 Å². The molecule has 3 heteroatoms. The summed E-state index contributed by atoms with van der Waals surface area (Å²) in [5.41, 5.74) is 1.01. The molecule has 1 aromatic rings. The Morgan fingerprint density at radius 3 is 2.69 bits per heavy atom. The molecule has 1 aromatic carbocycles. The van der Waals surface area contributed by atoms with Crippen LogP contribution in [0.1, 0.15) is 30.4 Å². The third-order valence-electron chi connectivity index (χ3n) is 3.48. The van der Waals surface area contributed by atoms with E-state index in [0.29, 0.717) is 19.3 Å². The highest BCUT2D eigenvalue weighted by Gasteiger charge is 2.45. The highest BCUT2D eigenvalue weighted by Crippen LogP contribution is 2.44. The maximum atomic E-state index is 12.2. The second kappa shape index (κ2) is 4.24.